The molecule has 0 spiro atoms. The SMILES string of the molecule is Cc1cccc(CCNC(=O)Nc2ccccc2[N+](=O)[O-])c1. The summed E-state index contributed by atoms with van der Waals surface area (Å²) < 4.78 is 0. The van der Waals surface area contributed by atoms with Crippen molar-refractivity contribution in [1.82, 2.24) is 5.32 Å². The second kappa shape index (κ2) is 7.21. The highest BCUT2D eigenvalue weighted by Gasteiger charge is 2.14. The molecule has 6 heteroatoms. The molecular formula is C16H17N3O3. The van der Waals surface area contributed by atoms with E-state index in [1.165, 1.54) is 17.7 Å². The van der Waals surface area contributed by atoms with Gasteiger partial charge in [-0.25, -0.2) is 4.79 Å². The van der Waals surface area contributed by atoms with Crippen LogP contribution < -0.4 is 10.6 Å². The van der Waals surface area contributed by atoms with Crippen LogP contribution in [-0.2, 0) is 6.42 Å². The van der Waals surface area contributed by atoms with Gasteiger partial charge in [0.2, 0.25) is 0 Å². The Labute approximate surface area is 128 Å². The molecule has 114 valence electrons. The summed E-state index contributed by atoms with van der Waals surface area (Å²) in [4.78, 5) is 22.1. The van der Waals surface area contributed by atoms with Gasteiger partial charge in [-0.2, -0.15) is 0 Å². The standard InChI is InChI=1S/C16H17N3O3/c1-12-5-4-6-13(11-12)9-10-17-16(20)18-14-7-2-3-8-15(14)19(21)22/h2-8,11H,9-10H2,1H3,(H2,17,18,20). The summed E-state index contributed by atoms with van der Waals surface area (Å²) in [7, 11) is 0. The molecule has 2 amide bonds. The first kappa shape index (κ1) is 15.5. The minimum absolute atomic E-state index is 0.128. The van der Waals surface area contributed by atoms with Crippen molar-refractivity contribution in [2.75, 3.05) is 11.9 Å². The molecule has 0 heterocycles. The van der Waals surface area contributed by atoms with Crippen LogP contribution in [0.25, 0.3) is 0 Å². The van der Waals surface area contributed by atoms with E-state index in [1.807, 2.05) is 25.1 Å². The van der Waals surface area contributed by atoms with Gasteiger partial charge in [-0.3, -0.25) is 10.1 Å². The van der Waals surface area contributed by atoms with Crippen molar-refractivity contribution in [2.24, 2.45) is 0 Å². The molecule has 0 aliphatic heterocycles. The third-order valence-corrected chi connectivity index (χ3v) is 3.13. The summed E-state index contributed by atoms with van der Waals surface area (Å²) in [6.07, 6.45) is 0.700. The molecule has 2 aromatic rings. The number of aryl methyl sites for hydroxylation is 1. The molecule has 2 rings (SSSR count). The Balaban J connectivity index is 1.87. The highest BCUT2D eigenvalue weighted by Crippen LogP contribution is 2.22. The number of rotatable bonds is 5. The van der Waals surface area contributed by atoms with Crippen LogP contribution in [0.3, 0.4) is 0 Å². The monoisotopic (exact) mass is 299 g/mol. The van der Waals surface area contributed by atoms with Crippen LogP contribution in [0.5, 0.6) is 0 Å². The maximum Gasteiger partial charge on any atom is 0.319 e. The summed E-state index contributed by atoms with van der Waals surface area (Å²) in [6.45, 7) is 2.47. The highest BCUT2D eigenvalue weighted by atomic mass is 16.6. The van der Waals surface area contributed by atoms with Crippen molar-refractivity contribution in [3.8, 4) is 0 Å². The van der Waals surface area contributed by atoms with Gasteiger partial charge >= 0.3 is 6.03 Å². The molecule has 0 unspecified atom stereocenters. The number of benzene rings is 2. The van der Waals surface area contributed by atoms with Crippen LogP contribution in [0.2, 0.25) is 0 Å². The molecule has 0 fully saturated rings. The first-order valence-corrected chi connectivity index (χ1v) is 6.90. The topological polar surface area (TPSA) is 84.3 Å². The Bertz CT molecular complexity index is 686. The first-order chi connectivity index (χ1) is 10.6. The molecule has 0 saturated carbocycles. The van der Waals surface area contributed by atoms with E-state index < -0.39 is 11.0 Å². The van der Waals surface area contributed by atoms with Gasteiger partial charge in [0.1, 0.15) is 5.69 Å². The predicted octanol–water partition coefficient (Wildman–Crippen LogP) is 3.27. The molecule has 0 radical (unpaired) electrons. The lowest BCUT2D eigenvalue weighted by Gasteiger charge is -2.08. The molecule has 0 aromatic heterocycles. The van der Waals surface area contributed by atoms with Gasteiger partial charge in [-0.15, -0.1) is 0 Å². The second-order valence-electron chi connectivity index (χ2n) is 4.89. The highest BCUT2D eigenvalue weighted by molar-refractivity contribution is 5.91. The quantitative estimate of drug-likeness (QED) is 0.656. The Morgan fingerprint density at radius 1 is 1.18 bits per heavy atom. The number of urea groups is 1. The lowest BCUT2D eigenvalue weighted by Crippen LogP contribution is -2.30. The summed E-state index contributed by atoms with van der Waals surface area (Å²) >= 11 is 0. The Morgan fingerprint density at radius 3 is 2.68 bits per heavy atom. The van der Waals surface area contributed by atoms with Crippen LogP contribution in [-0.4, -0.2) is 17.5 Å². The average molecular weight is 299 g/mol. The lowest BCUT2D eigenvalue weighted by atomic mass is 10.1. The molecule has 0 atom stereocenters. The van der Waals surface area contributed by atoms with Crippen molar-refractivity contribution in [2.45, 2.75) is 13.3 Å². The number of amides is 2. The molecule has 0 saturated heterocycles. The van der Waals surface area contributed by atoms with E-state index in [-0.39, 0.29) is 11.4 Å². The van der Waals surface area contributed by atoms with Crippen molar-refractivity contribution in [3.63, 3.8) is 0 Å². The smallest absolute Gasteiger partial charge is 0.319 e. The van der Waals surface area contributed by atoms with E-state index in [4.69, 9.17) is 0 Å². The van der Waals surface area contributed by atoms with Gasteiger partial charge in [-0.1, -0.05) is 42.0 Å². The van der Waals surface area contributed by atoms with Crippen LogP contribution >= 0.6 is 0 Å². The van der Waals surface area contributed by atoms with E-state index in [0.717, 1.165) is 5.56 Å². The number of nitrogens with zero attached hydrogens (tertiary/aromatic N) is 1. The third-order valence-electron chi connectivity index (χ3n) is 3.13. The molecule has 22 heavy (non-hydrogen) atoms. The van der Waals surface area contributed by atoms with Crippen molar-refractivity contribution in [1.29, 1.82) is 0 Å². The fraction of sp³-hybridized carbons (Fsp3) is 0.188. The largest absolute Gasteiger partial charge is 0.338 e. The minimum Gasteiger partial charge on any atom is -0.338 e. The normalized spacial score (nSPS) is 10.0. The Kier molecular flexibility index (Phi) is 5.08. The minimum atomic E-state index is -0.525. The summed E-state index contributed by atoms with van der Waals surface area (Å²) in [5.74, 6) is 0. The fourth-order valence-electron chi connectivity index (χ4n) is 2.09. The number of carbonyl (C=O) groups excluding carboxylic acids is 1. The van der Waals surface area contributed by atoms with Gasteiger partial charge in [0.05, 0.1) is 4.92 Å². The van der Waals surface area contributed by atoms with Crippen LogP contribution in [0.4, 0.5) is 16.2 Å². The number of nitrogens with one attached hydrogen (secondary N) is 2. The number of hydrogen-bond donors (Lipinski definition) is 2. The number of para-hydroxylation sites is 2. The maximum atomic E-state index is 11.8. The van der Waals surface area contributed by atoms with E-state index in [0.29, 0.717) is 13.0 Å². The van der Waals surface area contributed by atoms with Gasteiger partial charge < -0.3 is 10.6 Å². The Morgan fingerprint density at radius 2 is 1.95 bits per heavy atom. The fourth-order valence-corrected chi connectivity index (χ4v) is 2.09. The van der Waals surface area contributed by atoms with E-state index >= 15 is 0 Å². The zero-order valence-electron chi connectivity index (χ0n) is 12.2. The molecule has 0 bridgehead atoms. The number of hydrogen-bond acceptors (Lipinski definition) is 3. The van der Waals surface area contributed by atoms with Crippen LogP contribution in [0.15, 0.2) is 48.5 Å². The number of anilines is 1. The first-order valence-electron chi connectivity index (χ1n) is 6.90. The maximum absolute atomic E-state index is 11.8. The Hall–Kier alpha value is -2.89. The number of nitro groups is 1. The van der Waals surface area contributed by atoms with E-state index in [9.17, 15) is 14.9 Å². The van der Waals surface area contributed by atoms with Gasteiger partial charge in [-0.05, 0) is 25.0 Å². The summed E-state index contributed by atoms with van der Waals surface area (Å²) in [5, 5.41) is 16.1. The molecule has 6 nitrogen and oxygen atoms in total. The van der Waals surface area contributed by atoms with Crippen LogP contribution in [0.1, 0.15) is 11.1 Å². The molecule has 0 aliphatic rings. The van der Waals surface area contributed by atoms with Crippen molar-refractivity contribution < 1.29 is 9.72 Å². The van der Waals surface area contributed by atoms with Gasteiger partial charge in [0, 0.05) is 12.6 Å². The summed E-state index contributed by atoms with van der Waals surface area (Å²) in [5.41, 5.74) is 2.35. The molecule has 2 aromatic carbocycles. The predicted molar refractivity (Wildman–Crippen MR) is 85.0 cm³/mol. The summed E-state index contributed by atoms with van der Waals surface area (Å²) in [6, 6.07) is 13.6. The third kappa shape index (κ3) is 4.31. The zero-order chi connectivity index (χ0) is 15.9. The number of carbonyl (C=O) groups is 1. The average Bonchev–Trinajstić information content (AvgIpc) is 2.47. The van der Waals surface area contributed by atoms with Gasteiger partial charge in [0.25, 0.3) is 5.69 Å². The molecular weight excluding hydrogens is 282 g/mol. The lowest BCUT2D eigenvalue weighted by molar-refractivity contribution is -0.383. The van der Waals surface area contributed by atoms with Crippen LogP contribution in [0, 0.1) is 17.0 Å². The van der Waals surface area contributed by atoms with Crippen molar-refractivity contribution in [3.05, 3.63) is 69.8 Å². The van der Waals surface area contributed by atoms with Gasteiger partial charge in [0.15, 0.2) is 0 Å². The van der Waals surface area contributed by atoms with E-state index in [2.05, 4.69) is 16.7 Å². The zero-order valence-corrected chi connectivity index (χ0v) is 12.2. The molecule has 2 N–H and O–H groups in total. The number of nitro benzene ring substituents is 1. The van der Waals surface area contributed by atoms with E-state index in [1.54, 1.807) is 12.1 Å². The van der Waals surface area contributed by atoms with Crippen molar-refractivity contribution >= 4 is 17.4 Å². The molecule has 0 aliphatic carbocycles. The second-order valence-corrected chi connectivity index (χ2v) is 4.89.